The van der Waals surface area contributed by atoms with E-state index >= 15 is 0 Å². The fourth-order valence-electron chi connectivity index (χ4n) is 4.45. The largest absolute Gasteiger partial charge is 0.335 e. The van der Waals surface area contributed by atoms with E-state index in [0.717, 1.165) is 31.9 Å². The number of thiazole rings is 1. The monoisotopic (exact) mass is 341 g/mol. The maximum Gasteiger partial charge on any atom is 0.219 e. The van der Waals surface area contributed by atoms with E-state index in [1.807, 2.05) is 5.51 Å². The van der Waals surface area contributed by atoms with Gasteiger partial charge in [0, 0.05) is 44.4 Å². The molecule has 126 valence electrons. The van der Waals surface area contributed by atoms with Gasteiger partial charge < -0.3 is 4.90 Å². The summed E-state index contributed by atoms with van der Waals surface area (Å²) in [6.07, 6.45) is 0. The van der Waals surface area contributed by atoms with Crippen molar-refractivity contribution < 1.29 is 4.79 Å². The summed E-state index contributed by atoms with van der Waals surface area (Å²) in [6, 6.07) is 8.74. The Morgan fingerprint density at radius 1 is 1.29 bits per heavy atom. The van der Waals surface area contributed by atoms with E-state index in [4.69, 9.17) is 0 Å². The van der Waals surface area contributed by atoms with Crippen molar-refractivity contribution in [3.8, 4) is 0 Å². The molecule has 1 amide bonds. The van der Waals surface area contributed by atoms with Crippen molar-refractivity contribution in [2.75, 3.05) is 19.6 Å². The summed E-state index contributed by atoms with van der Waals surface area (Å²) in [7, 11) is 0. The summed E-state index contributed by atoms with van der Waals surface area (Å²) in [6.45, 7) is 7.78. The Morgan fingerprint density at radius 3 is 2.83 bits per heavy atom. The van der Waals surface area contributed by atoms with Crippen molar-refractivity contribution in [2.45, 2.75) is 26.4 Å². The second-order valence-corrected chi connectivity index (χ2v) is 7.79. The minimum absolute atomic E-state index is 0.198. The minimum Gasteiger partial charge on any atom is -0.335 e. The van der Waals surface area contributed by atoms with Crippen LogP contribution >= 0.6 is 11.3 Å². The average Bonchev–Trinajstić information content (AvgIpc) is 3.24. The average molecular weight is 341 g/mol. The third-order valence-corrected chi connectivity index (χ3v) is 6.16. The molecule has 0 bridgehead atoms. The van der Waals surface area contributed by atoms with Crippen LogP contribution in [0.5, 0.6) is 0 Å². The molecule has 0 radical (unpaired) electrons. The van der Waals surface area contributed by atoms with Crippen molar-refractivity contribution in [1.29, 1.82) is 0 Å². The zero-order valence-corrected chi connectivity index (χ0v) is 15.0. The third-order valence-electron chi connectivity index (χ3n) is 5.52. The van der Waals surface area contributed by atoms with Crippen molar-refractivity contribution in [2.24, 2.45) is 11.8 Å². The molecule has 4 rings (SSSR count). The van der Waals surface area contributed by atoms with Crippen molar-refractivity contribution in [1.82, 2.24) is 14.8 Å². The van der Waals surface area contributed by atoms with E-state index in [1.54, 1.807) is 18.3 Å². The number of carbonyl (C=O) groups is 1. The lowest BCUT2D eigenvalue weighted by molar-refractivity contribution is -0.130. The predicted octanol–water partition coefficient (Wildman–Crippen LogP) is 3.10. The van der Waals surface area contributed by atoms with E-state index < -0.39 is 0 Å². The van der Waals surface area contributed by atoms with Gasteiger partial charge in [-0.2, -0.15) is 0 Å². The zero-order chi connectivity index (χ0) is 16.7. The number of hydrogen-bond donors (Lipinski definition) is 0. The lowest BCUT2D eigenvalue weighted by Gasteiger charge is -2.30. The first kappa shape index (κ1) is 15.8. The highest BCUT2D eigenvalue weighted by molar-refractivity contribution is 7.07. The molecule has 5 heteroatoms. The SMILES string of the molecule is CC(=O)N1C[C@H]2CN(Cc3cscn3)C[C@H]2[C@@H]1c1ccccc1C. The lowest BCUT2D eigenvalue weighted by atomic mass is 9.87. The quantitative estimate of drug-likeness (QED) is 0.861. The highest BCUT2D eigenvalue weighted by atomic mass is 32.1. The van der Waals surface area contributed by atoms with Crippen LogP contribution in [0.2, 0.25) is 0 Å². The zero-order valence-electron chi connectivity index (χ0n) is 14.2. The van der Waals surface area contributed by atoms with Crippen LogP contribution in [-0.2, 0) is 11.3 Å². The van der Waals surface area contributed by atoms with Gasteiger partial charge in [-0.15, -0.1) is 11.3 Å². The maximum atomic E-state index is 12.2. The molecular formula is C19H23N3OS. The van der Waals surface area contributed by atoms with Gasteiger partial charge in [0.1, 0.15) is 0 Å². The van der Waals surface area contributed by atoms with Crippen LogP contribution in [0.1, 0.15) is 29.8 Å². The van der Waals surface area contributed by atoms with Crippen LogP contribution in [0.25, 0.3) is 0 Å². The summed E-state index contributed by atoms with van der Waals surface area (Å²) in [5.41, 5.74) is 5.67. The molecule has 2 fully saturated rings. The lowest BCUT2D eigenvalue weighted by Crippen LogP contribution is -2.34. The number of rotatable bonds is 3. The molecule has 2 saturated heterocycles. The van der Waals surface area contributed by atoms with Gasteiger partial charge in [-0.3, -0.25) is 9.69 Å². The van der Waals surface area contributed by atoms with Crippen LogP contribution < -0.4 is 0 Å². The molecule has 3 atom stereocenters. The van der Waals surface area contributed by atoms with Crippen LogP contribution in [0.3, 0.4) is 0 Å². The minimum atomic E-state index is 0.198. The molecule has 2 aliphatic heterocycles. The molecule has 24 heavy (non-hydrogen) atoms. The third kappa shape index (κ3) is 2.76. The van der Waals surface area contributed by atoms with Crippen molar-refractivity contribution in [3.05, 3.63) is 52.0 Å². The first-order chi connectivity index (χ1) is 11.6. The summed E-state index contributed by atoms with van der Waals surface area (Å²) < 4.78 is 0. The van der Waals surface area contributed by atoms with Crippen LogP contribution in [-0.4, -0.2) is 40.3 Å². The van der Waals surface area contributed by atoms with Gasteiger partial charge in [0.25, 0.3) is 0 Å². The second-order valence-electron chi connectivity index (χ2n) is 7.07. The summed E-state index contributed by atoms with van der Waals surface area (Å²) in [5.74, 6) is 1.29. The molecular weight excluding hydrogens is 318 g/mol. The van der Waals surface area contributed by atoms with E-state index in [-0.39, 0.29) is 11.9 Å². The Bertz CT molecular complexity index is 730. The maximum absolute atomic E-state index is 12.2. The number of nitrogens with zero attached hydrogens (tertiary/aromatic N) is 3. The number of benzene rings is 1. The molecule has 0 unspecified atom stereocenters. The van der Waals surface area contributed by atoms with Gasteiger partial charge in [0.15, 0.2) is 0 Å². The van der Waals surface area contributed by atoms with Crippen molar-refractivity contribution >= 4 is 17.2 Å². The van der Waals surface area contributed by atoms with E-state index in [0.29, 0.717) is 11.8 Å². The molecule has 1 aromatic heterocycles. The summed E-state index contributed by atoms with van der Waals surface area (Å²) in [5, 5.41) is 2.13. The first-order valence-electron chi connectivity index (χ1n) is 8.55. The number of hydrogen-bond acceptors (Lipinski definition) is 4. The van der Waals surface area contributed by atoms with Gasteiger partial charge >= 0.3 is 0 Å². The topological polar surface area (TPSA) is 36.4 Å². The Labute approximate surface area is 147 Å². The highest BCUT2D eigenvalue weighted by Crippen LogP contribution is 2.45. The number of aryl methyl sites for hydroxylation is 1. The Hall–Kier alpha value is -1.72. The number of likely N-dealkylation sites (tertiary alicyclic amines) is 2. The van der Waals surface area contributed by atoms with Crippen LogP contribution in [0.15, 0.2) is 35.2 Å². The van der Waals surface area contributed by atoms with E-state index in [9.17, 15) is 4.79 Å². The predicted molar refractivity (Wildman–Crippen MR) is 95.7 cm³/mol. The van der Waals surface area contributed by atoms with Gasteiger partial charge in [-0.05, 0) is 24.0 Å². The van der Waals surface area contributed by atoms with Gasteiger partial charge in [-0.1, -0.05) is 24.3 Å². The summed E-state index contributed by atoms with van der Waals surface area (Å²) in [4.78, 5) is 21.2. The highest BCUT2D eigenvalue weighted by Gasteiger charge is 2.48. The van der Waals surface area contributed by atoms with Gasteiger partial charge in [0.2, 0.25) is 5.91 Å². The fourth-order valence-corrected chi connectivity index (χ4v) is 5.00. The number of amides is 1. The summed E-state index contributed by atoms with van der Waals surface area (Å²) >= 11 is 1.66. The smallest absolute Gasteiger partial charge is 0.219 e. The number of aromatic nitrogens is 1. The standard InChI is InChI=1S/C19H23N3OS/c1-13-5-3-4-6-17(13)19-18-10-21(9-16-11-24-12-20-16)7-15(18)8-22(19)14(2)23/h3-6,11-12,15,18-19H,7-10H2,1-2H3/t15-,18-,19+/m1/s1. The van der Waals surface area contributed by atoms with Gasteiger partial charge in [0.05, 0.1) is 17.2 Å². The Balaban J connectivity index is 1.59. The molecule has 4 nitrogen and oxygen atoms in total. The molecule has 3 heterocycles. The first-order valence-corrected chi connectivity index (χ1v) is 9.50. The van der Waals surface area contributed by atoms with Crippen LogP contribution in [0, 0.1) is 18.8 Å². The molecule has 0 spiro atoms. The number of fused-ring (bicyclic) bond motifs is 1. The van der Waals surface area contributed by atoms with E-state index in [1.165, 1.54) is 11.1 Å². The Kier molecular flexibility index (Phi) is 4.14. The molecule has 2 aromatic rings. The molecule has 1 aromatic carbocycles. The normalized spacial score (nSPS) is 26.8. The fraction of sp³-hybridized carbons (Fsp3) is 0.474. The second kappa shape index (κ2) is 6.30. The molecule has 0 aliphatic carbocycles. The van der Waals surface area contributed by atoms with E-state index in [2.05, 4.69) is 51.4 Å². The molecule has 2 aliphatic rings. The molecule has 0 N–H and O–H groups in total. The Morgan fingerprint density at radius 2 is 2.12 bits per heavy atom. The van der Waals surface area contributed by atoms with Crippen LogP contribution in [0.4, 0.5) is 0 Å². The van der Waals surface area contributed by atoms with Gasteiger partial charge in [-0.25, -0.2) is 4.98 Å². The van der Waals surface area contributed by atoms with Crippen molar-refractivity contribution in [3.63, 3.8) is 0 Å². The number of carbonyl (C=O) groups excluding carboxylic acids is 1. The molecule has 0 saturated carbocycles.